The number of anilines is 2. The summed E-state index contributed by atoms with van der Waals surface area (Å²) >= 11 is 5.39. The van der Waals surface area contributed by atoms with Gasteiger partial charge in [-0.05, 0) is 76.0 Å². The van der Waals surface area contributed by atoms with E-state index >= 15 is 0 Å². The van der Waals surface area contributed by atoms with Gasteiger partial charge in [-0.2, -0.15) is 0 Å². The van der Waals surface area contributed by atoms with E-state index in [9.17, 15) is 0 Å². The maximum atomic E-state index is 6.11. The monoisotopic (exact) mass is 312 g/mol. The average Bonchev–Trinajstić information content (AvgIpc) is 2.34. The molecule has 0 heterocycles. The van der Waals surface area contributed by atoms with Crippen LogP contribution < -0.4 is 10.6 Å². The van der Waals surface area contributed by atoms with Crippen molar-refractivity contribution in [3.8, 4) is 0 Å². The minimum absolute atomic E-state index is 0.380. The van der Waals surface area contributed by atoms with Crippen LogP contribution in [0.1, 0.15) is 33.4 Å². The summed E-state index contributed by atoms with van der Waals surface area (Å²) in [5.41, 5.74) is 15.5. The zero-order valence-corrected chi connectivity index (χ0v) is 15.1. The van der Waals surface area contributed by atoms with E-state index in [2.05, 4.69) is 65.8 Å². The highest BCUT2D eigenvalue weighted by Crippen LogP contribution is 2.36. The Kier molecular flexibility index (Phi) is 4.57. The number of benzene rings is 2. The Balaban J connectivity index is 2.76. The summed E-state index contributed by atoms with van der Waals surface area (Å²) in [5.74, 6) is 0. The lowest BCUT2D eigenvalue weighted by Gasteiger charge is -2.30. The number of rotatable bonds is 2. The van der Waals surface area contributed by atoms with E-state index in [1.165, 1.54) is 33.4 Å². The highest BCUT2D eigenvalue weighted by atomic mass is 32.1. The van der Waals surface area contributed by atoms with Crippen molar-refractivity contribution in [1.29, 1.82) is 0 Å². The molecule has 0 aliphatic carbocycles. The zero-order valence-electron chi connectivity index (χ0n) is 14.2. The van der Waals surface area contributed by atoms with Crippen LogP contribution in [0.15, 0.2) is 24.3 Å². The molecule has 0 radical (unpaired) electrons. The second-order valence-electron chi connectivity index (χ2n) is 6.17. The summed E-state index contributed by atoms with van der Waals surface area (Å²) in [6, 6.07) is 8.69. The first-order valence-corrected chi connectivity index (χ1v) is 7.88. The van der Waals surface area contributed by atoms with Crippen molar-refractivity contribution in [2.24, 2.45) is 5.73 Å². The van der Waals surface area contributed by atoms with E-state index < -0.39 is 0 Å². The Hall–Kier alpha value is -1.87. The second kappa shape index (κ2) is 6.09. The molecule has 22 heavy (non-hydrogen) atoms. The van der Waals surface area contributed by atoms with Gasteiger partial charge in [0, 0.05) is 0 Å². The molecule has 0 saturated carbocycles. The second-order valence-corrected chi connectivity index (χ2v) is 6.59. The molecule has 0 amide bonds. The molecule has 2 N–H and O–H groups in total. The van der Waals surface area contributed by atoms with Crippen molar-refractivity contribution < 1.29 is 0 Å². The van der Waals surface area contributed by atoms with Crippen molar-refractivity contribution >= 4 is 28.7 Å². The van der Waals surface area contributed by atoms with Gasteiger partial charge in [0.25, 0.3) is 0 Å². The summed E-state index contributed by atoms with van der Waals surface area (Å²) in [6.07, 6.45) is 0. The number of nitrogens with zero attached hydrogens (tertiary/aromatic N) is 1. The average molecular weight is 312 g/mol. The van der Waals surface area contributed by atoms with Crippen molar-refractivity contribution in [3.05, 3.63) is 57.6 Å². The van der Waals surface area contributed by atoms with E-state index in [1.807, 2.05) is 4.90 Å². The molecule has 2 aromatic carbocycles. The first-order valence-electron chi connectivity index (χ1n) is 7.47. The van der Waals surface area contributed by atoms with E-state index in [4.69, 9.17) is 18.0 Å². The van der Waals surface area contributed by atoms with Gasteiger partial charge < -0.3 is 5.73 Å². The van der Waals surface area contributed by atoms with Crippen LogP contribution in [0.4, 0.5) is 11.4 Å². The van der Waals surface area contributed by atoms with Gasteiger partial charge >= 0.3 is 0 Å². The fourth-order valence-corrected chi connectivity index (χ4v) is 3.56. The molecule has 2 aromatic rings. The maximum Gasteiger partial charge on any atom is 0.175 e. The molecule has 0 bridgehead atoms. The molecule has 0 atom stereocenters. The third-order valence-corrected chi connectivity index (χ3v) is 4.12. The van der Waals surface area contributed by atoms with Gasteiger partial charge in [-0.15, -0.1) is 0 Å². The molecule has 0 aliphatic rings. The van der Waals surface area contributed by atoms with E-state index in [0.717, 1.165) is 11.4 Å². The third kappa shape index (κ3) is 3.00. The van der Waals surface area contributed by atoms with Crippen molar-refractivity contribution in [3.63, 3.8) is 0 Å². The molecule has 3 heteroatoms. The molecular formula is C19H24N2S. The van der Waals surface area contributed by atoms with Crippen molar-refractivity contribution in [1.82, 2.24) is 0 Å². The number of nitrogens with two attached hydrogens (primary N) is 1. The first kappa shape index (κ1) is 16.5. The van der Waals surface area contributed by atoms with Crippen LogP contribution in [-0.4, -0.2) is 5.11 Å². The van der Waals surface area contributed by atoms with Gasteiger partial charge in [0.15, 0.2) is 5.11 Å². The molecular weight excluding hydrogens is 288 g/mol. The van der Waals surface area contributed by atoms with Gasteiger partial charge in [-0.3, -0.25) is 4.90 Å². The molecule has 0 unspecified atom stereocenters. The van der Waals surface area contributed by atoms with E-state index in [0.29, 0.717) is 5.11 Å². The fourth-order valence-electron chi connectivity index (χ4n) is 3.38. The normalized spacial score (nSPS) is 10.6. The van der Waals surface area contributed by atoms with E-state index in [1.54, 1.807) is 0 Å². The van der Waals surface area contributed by atoms with Crippen molar-refractivity contribution in [2.45, 2.75) is 41.5 Å². The molecule has 0 saturated heterocycles. The van der Waals surface area contributed by atoms with Crippen LogP contribution in [0.3, 0.4) is 0 Å². The van der Waals surface area contributed by atoms with Gasteiger partial charge in [-0.1, -0.05) is 35.4 Å². The Bertz CT molecular complexity index is 644. The number of hydrogen-bond donors (Lipinski definition) is 1. The molecule has 2 rings (SSSR count). The Labute approximate surface area is 139 Å². The lowest BCUT2D eigenvalue weighted by Crippen LogP contribution is -2.33. The third-order valence-electron chi connectivity index (χ3n) is 3.94. The molecule has 0 aromatic heterocycles. The van der Waals surface area contributed by atoms with Crippen LogP contribution in [0.5, 0.6) is 0 Å². The lowest BCUT2D eigenvalue weighted by atomic mass is 10.00. The topological polar surface area (TPSA) is 29.3 Å². The van der Waals surface area contributed by atoms with Gasteiger partial charge in [0.1, 0.15) is 0 Å². The quantitative estimate of drug-likeness (QED) is 0.798. The minimum atomic E-state index is 0.380. The molecule has 116 valence electrons. The molecule has 2 nitrogen and oxygen atoms in total. The SMILES string of the molecule is Cc1cc(C)c(N(C(N)=S)c2c(C)cc(C)cc2C)c(C)c1. The molecule has 0 fully saturated rings. The standard InChI is InChI=1S/C19H24N2S/c1-11-7-13(3)17(14(4)8-11)21(19(20)22)18-15(5)9-12(2)10-16(18)6/h7-10H,1-6H3,(H2,20,22). The van der Waals surface area contributed by atoms with Crippen LogP contribution in [0.25, 0.3) is 0 Å². The molecule has 0 aliphatic heterocycles. The van der Waals surface area contributed by atoms with Crippen LogP contribution in [-0.2, 0) is 0 Å². The lowest BCUT2D eigenvalue weighted by molar-refractivity contribution is 1.19. The van der Waals surface area contributed by atoms with Crippen LogP contribution >= 0.6 is 12.2 Å². The Morgan fingerprint density at radius 1 is 0.727 bits per heavy atom. The summed E-state index contributed by atoms with van der Waals surface area (Å²) in [6.45, 7) is 12.7. The first-order chi connectivity index (χ1) is 10.2. The number of aryl methyl sites for hydroxylation is 6. The fraction of sp³-hybridized carbons (Fsp3) is 0.316. The van der Waals surface area contributed by atoms with Gasteiger partial charge in [0.05, 0.1) is 11.4 Å². The number of thiocarbonyl (C=S) groups is 1. The highest BCUT2D eigenvalue weighted by molar-refractivity contribution is 7.80. The van der Waals surface area contributed by atoms with E-state index in [-0.39, 0.29) is 0 Å². The molecule has 0 spiro atoms. The van der Waals surface area contributed by atoms with Crippen LogP contribution in [0, 0.1) is 41.5 Å². The largest absolute Gasteiger partial charge is 0.376 e. The Morgan fingerprint density at radius 2 is 1.00 bits per heavy atom. The number of hydrogen-bond acceptors (Lipinski definition) is 1. The summed E-state index contributed by atoms with van der Waals surface area (Å²) < 4.78 is 0. The summed E-state index contributed by atoms with van der Waals surface area (Å²) in [7, 11) is 0. The van der Waals surface area contributed by atoms with Crippen molar-refractivity contribution in [2.75, 3.05) is 4.90 Å². The van der Waals surface area contributed by atoms with Gasteiger partial charge in [-0.25, -0.2) is 0 Å². The highest BCUT2D eigenvalue weighted by Gasteiger charge is 2.20. The predicted molar refractivity (Wildman–Crippen MR) is 100 cm³/mol. The smallest absolute Gasteiger partial charge is 0.175 e. The minimum Gasteiger partial charge on any atom is -0.376 e. The maximum absolute atomic E-state index is 6.11. The Morgan fingerprint density at radius 3 is 1.23 bits per heavy atom. The summed E-state index contributed by atoms with van der Waals surface area (Å²) in [4.78, 5) is 2.02. The van der Waals surface area contributed by atoms with Gasteiger partial charge in [0.2, 0.25) is 0 Å². The predicted octanol–water partition coefficient (Wildman–Crippen LogP) is 4.92. The zero-order chi connectivity index (χ0) is 16.6. The van der Waals surface area contributed by atoms with Crippen LogP contribution in [0.2, 0.25) is 0 Å². The summed E-state index contributed by atoms with van der Waals surface area (Å²) in [5, 5.41) is 0.380.